The van der Waals surface area contributed by atoms with Crippen molar-refractivity contribution in [1.82, 2.24) is 9.78 Å². The summed E-state index contributed by atoms with van der Waals surface area (Å²) in [6, 6.07) is 8.83. The van der Waals surface area contributed by atoms with Crippen LogP contribution in [0.15, 0.2) is 41.2 Å². The third kappa shape index (κ3) is 4.30. The Bertz CT molecular complexity index is 1350. The van der Waals surface area contributed by atoms with Gasteiger partial charge in [-0.15, -0.1) is 0 Å². The average Bonchev–Trinajstić information content (AvgIpc) is 3.53. The summed E-state index contributed by atoms with van der Waals surface area (Å²) in [6.07, 6.45) is -2.95. The second kappa shape index (κ2) is 9.16. The van der Waals surface area contributed by atoms with Crippen molar-refractivity contribution >= 4 is 5.69 Å². The summed E-state index contributed by atoms with van der Waals surface area (Å²) < 4.78 is 53.9. The molecule has 1 fully saturated rings. The first-order chi connectivity index (χ1) is 17.2. The lowest BCUT2D eigenvalue weighted by molar-refractivity contribution is -0.137. The van der Waals surface area contributed by atoms with Crippen molar-refractivity contribution in [3.05, 3.63) is 63.4 Å². The molecule has 0 bridgehead atoms. The Morgan fingerprint density at radius 2 is 1.72 bits per heavy atom. The molecule has 0 saturated carbocycles. The molecule has 5 rings (SSSR count). The topological polar surface area (TPSA) is 76.8 Å². The van der Waals surface area contributed by atoms with E-state index >= 15 is 0 Å². The van der Waals surface area contributed by atoms with Crippen molar-refractivity contribution in [3.8, 4) is 28.4 Å². The molecule has 0 spiro atoms. The van der Waals surface area contributed by atoms with Crippen LogP contribution >= 0.6 is 0 Å². The zero-order valence-electron chi connectivity index (χ0n) is 19.9. The Balaban J connectivity index is 1.75. The first kappa shape index (κ1) is 24.2. The van der Waals surface area contributed by atoms with Gasteiger partial charge in [0.05, 0.1) is 37.3 Å². The van der Waals surface area contributed by atoms with Crippen LogP contribution in [0.25, 0.3) is 16.9 Å². The number of aromatic nitrogens is 2. The van der Waals surface area contributed by atoms with Crippen molar-refractivity contribution < 1.29 is 27.8 Å². The van der Waals surface area contributed by atoms with Gasteiger partial charge in [-0.05, 0) is 61.6 Å². The number of aliphatic hydroxyl groups is 1. The van der Waals surface area contributed by atoms with Crippen molar-refractivity contribution in [2.24, 2.45) is 0 Å². The first-order valence-electron chi connectivity index (χ1n) is 11.7. The molecule has 0 amide bonds. The number of rotatable bonds is 5. The molecule has 3 aromatic rings. The first-order valence-corrected chi connectivity index (χ1v) is 11.7. The third-order valence-electron chi connectivity index (χ3n) is 6.82. The molecule has 7 nitrogen and oxygen atoms in total. The van der Waals surface area contributed by atoms with Gasteiger partial charge < -0.3 is 19.5 Å². The van der Waals surface area contributed by atoms with E-state index < -0.39 is 23.4 Å². The number of aliphatic hydroxyl groups excluding tert-OH is 1. The Kier molecular flexibility index (Phi) is 6.15. The van der Waals surface area contributed by atoms with Crippen LogP contribution in [0.5, 0.6) is 11.5 Å². The standard InChI is InChI=1S/C26H26F3N3O4/c1-35-18-10-15(11-19(13-18)36-2)24-20-4-3-5-21(20)25(34)32(30-24)23-12-16(31-9-8-17(33)14-31)6-7-22(23)26(27,28)29/h6-7,10-13,17,33H,3-5,8-9,14H2,1-2H3/t17-/m1/s1. The van der Waals surface area contributed by atoms with Gasteiger partial charge >= 0.3 is 6.18 Å². The zero-order valence-corrected chi connectivity index (χ0v) is 19.9. The Morgan fingerprint density at radius 1 is 1.03 bits per heavy atom. The van der Waals surface area contributed by atoms with E-state index in [1.54, 1.807) is 23.1 Å². The number of ether oxygens (including phenoxy) is 2. The van der Waals surface area contributed by atoms with E-state index in [-0.39, 0.29) is 5.69 Å². The maximum absolute atomic E-state index is 14.1. The third-order valence-corrected chi connectivity index (χ3v) is 6.82. The van der Waals surface area contributed by atoms with Crippen LogP contribution < -0.4 is 19.9 Å². The monoisotopic (exact) mass is 501 g/mol. The molecule has 1 saturated heterocycles. The molecule has 1 aromatic heterocycles. The van der Waals surface area contributed by atoms with E-state index in [1.807, 2.05) is 0 Å². The highest BCUT2D eigenvalue weighted by Gasteiger charge is 2.36. The SMILES string of the molecule is COc1cc(OC)cc(-c2nn(-c3cc(N4CC[C@@H](O)C4)ccc3C(F)(F)F)c(=O)c3c2CCC3)c1. The minimum absolute atomic E-state index is 0.312. The Labute approximate surface area is 205 Å². The average molecular weight is 502 g/mol. The highest BCUT2D eigenvalue weighted by atomic mass is 19.4. The van der Waals surface area contributed by atoms with Gasteiger partial charge in [-0.25, -0.2) is 0 Å². The number of fused-ring (bicyclic) bond motifs is 1. The van der Waals surface area contributed by atoms with Gasteiger partial charge in [0.1, 0.15) is 11.5 Å². The number of β-amino-alcohol motifs (C(OH)–C–C–N with tert-alkyl or cyclic N) is 1. The van der Waals surface area contributed by atoms with Crippen LogP contribution in [-0.2, 0) is 19.0 Å². The summed E-state index contributed by atoms with van der Waals surface area (Å²) in [6.45, 7) is 0.819. The summed E-state index contributed by atoms with van der Waals surface area (Å²) in [7, 11) is 3.02. The second-order valence-electron chi connectivity index (χ2n) is 9.07. The lowest BCUT2D eigenvalue weighted by Crippen LogP contribution is -2.29. The van der Waals surface area contributed by atoms with E-state index in [2.05, 4.69) is 5.10 Å². The van der Waals surface area contributed by atoms with Crippen LogP contribution in [0.4, 0.5) is 18.9 Å². The fourth-order valence-corrected chi connectivity index (χ4v) is 5.02. The molecular weight excluding hydrogens is 475 g/mol. The predicted molar refractivity (Wildman–Crippen MR) is 128 cm³/mol. The van der Waals surface area contributed by atoms with Gasteiger partial charge in [0.2, 0.25) is 0 Å². The fraction of sp³-hybridized carbons (Fsp3) is 0.385. The number of benzene rings is 2. The quantitative estimate of drug-likeness (QED) is 0.570. The van der Waals surface area contributed by atoms with Gasteiger partial charge in [-0.3, -0.25) is 4.79 Å². The van der Waals surface area contributed by atoms with Gasteiger partial charge in [0.25, 0.3) is 5.56 Å². The second-order valence-corrected chi connectivity index (χ2v) is 9.07. The fourth-order valence-electron chi connectivity index (χ4n) is 5.02. The molecule has 0 radical (unpaired) electrons. The number of methoxy groups -OCH3 is 2. The molecule has 2 aliphatic rings. The van der Waals surface area contributed by atoms with Gasteiger partial charge in [-0.2, -0.15) is 23.0 Å². The van der Waals surface area contributed by atoms with E-state index in [0.717, 1.165) is 16.3 Å². The van der Waals surface area contributed by atoms with Gasteiger partial charge in [0, 0.05) is 36.0 Å². The molecule has 1 aliphatic carbocycles. The smallest absolute Gasteiger partial charge is 0.418 e. The van der Waals surface area contributed by atoms with E-state index in [0.29, 0.717) is 72.8 Å². The van der Waals surface area contributed by atoms with Crippen molar-refractivity contribution in [2.75, 3.05) is 32.2 Å². The summed E-state index contributed by atoms with van der Waals surface area (Å²) in [4.78, 5) is 15.3. The maximum Gasteiger partial charge on any atom is 0.418 e. The maximum atomic E-state index is 14.1. The molecule has 1 atom stereocenters. The lowest BCUT2D eigenvalue weighted by Gasteiger charge is -2.22. The Hall–Kier alpha value is -3.53. The normalized spacial score (nSPS) is 17.4. The number of nitrogens with zero attached hydrogens (tertiary/aromatic N) is 3. The van der Waals surface area contributed by atoms with Crippen LogP contribution in [-0.4, -0.2) is 48.3 Å². The molecule has 190 valence electrons. The van der Waals surface area contributed by atoms with Crippen LogP contribution in [0.2, 0.25) is 0 Å². The number of alkyl halides is 3. The van der Waals surface area contributed by atoms with Crippen molar-refractivity contribution in [2.45, 2.75) is 38.0 Å². The van der Waals surface area contributed by atoms with Crippen molar-refractivity contribution in [1.29, 1.82) is 0 Å². The van der Waals surface area contributed by atoms with E-state index in [1.165, 1.54) is 26.4 Å². The molecule has 36 heavy (non-hydrogen) atoms. The molecule has 1 aliphatic heterocycles. The molecule has 2 aromatic carbocycles. The summed E-state index contributed by atoms with van der Waals surface area (Å²) >= 11 is 0. The van der Waals surface area contributed by atoms with Gasteiger partial charge in [0.15, 0.2) is 0 Å². The number of anilines is 1. The van der Waals surface area contributed by atoms with E-state index in [4.69, 9.17) is 9.47 Å². The lowest BCUT2D eigenvalue weighted by atomic mass is 10.0. The Morgan fingerprint density at radius 3 is 2.33 bits per heavy atom. The molecule has 2 heterocycles. The van der Waals surface area contributed by atoms with E-state index in [9.17, 15) is 23.1 Å². The summed E-state index contributed by atoms with van der Waals surface area (Å²) in [5.41, 5.74) is 0.874. The molecular formula is C26H26F3N3O4. The largest absolute Gasteiger partial charge is 0.497 e. The van der Waals surface area contributed by atoms with Crippen molar-refractivity contribution in [3.63, 3.8) is 0 Å². The summed E-state index contributed by atoms with van der Waals surface area (Å²) in [5.74, 6) is 1.00. The minimum atomic E-state index is -4.70. The molecule has 1 N–H and O–H groups in total. The highest BCUT2D eigenvalue weighted by Crippen LogP contribution is 2.38. The number of hydrogen-bond acceptors (Lipinski definition) is 6. The van der Waals surface area contributed by atoms with Crippen LogP contribution in [0.3, 0.4) is 0 Å². The minimum Gasteiger partial charge on any atom is -0.497 e. The summed E-state index contributed by atoms with van der Waals surface area (Å²) in [5, 5.41) is 14.4. The highest BCUT2D eigenvalue weighted by molar-refractivity contribution is 5.69. The zero-order chi connectivity index (χ0) is 25.6. The van der Waals surface area contributed by atoms with Crippen LogP contribution in [0, 0.1) is 0 Å². The van der Waals surface area contributed by atoms with Gasteiger partial charge in [-0.1, -0.05) is 0 Å². The number of hydrogen-bond donors (Lipinski definition) is 1. The molecule has 0 unspecified atom stereocenters. The molecule has 10 heteroatoms. The number of halogens is 3. The predicted octanol–water partition coefficient (Wildman–Crippen LogP) is 4.00. The van der Waals surface area contributed by atoms with Crippen LogP contribution in [0.1, 0.15) is 29.5 Å².